The van der Waals surface area contributed by atoms with Gasteiger partial charge in [0.1, 0.15) is 24.2 Å². The molecule has 1 saturated heterocycles. The zero-order valence-electron chi connectivity index (χ0n) is 19.1. The van der Waals surface area contributed by atoms with Crippen LogP contribution in [0.2, 0.25) is 5.02 Å². The number of aliphatic hydroxyl groups is 1. The number of rotatable bonds is 8. The molecule has 34 heavy (non-hydrogen) atoms. The zero-order valence-corrected chi connectivity index (χ0v) is 19.9. The fourth-order valence-electron chi connectivity index (χ4n) is 4.94. The third-order valence-electron chi connectivity index (χ3n) is 7.08. The van der Waals surface area contributed by atoms with Crippen LogP contribution in [0.1, 0.15) is 47.2 Å². The maximum absolute atomic E-state index is 12.5. The van der Waals surface area contributed by atoms with Gasteiger partial charge in [0.25, 0.3) is 5.91 Å². The van der Waals surface area contributed by atoms with E-state index < -0.39 is 6.10 Å². The van der Waals surface area contributed by atoms with Gasteiger partial charge in [-0.05, 0) is 67.0 Å². The first kappa shape index (κ1) is 23.4. The molecule has 5 rings (SSSR count). The number of phenols is 1. The summed E-state index contributed by atoms with van der Waals surface area (Å²) in [4.78, 5) is 14.7. The van der Waals surface area contributed by atoms with Crippen molar-refractivity contribution in [2.75, 3.05) is 32.8 Å². The fraction of sp³-hybridized carbons (Fsp3) is 0.500. The van der Waals surface area contributed by atoms with Crippen molar-refractivity contribution in [2.24, 2.45) is 5.92 Å². The Morgan fingerprint density at radius 1 is 1.24 bits per heavy atom. The Labute approximate surface area is 204 Å². The summed E-state index contributed by atoms with van der Waals surface area (Å²) >= 11 is 6.13. The van der Waals surface area contributed by atoms with Crippen LogP contribution >= 0.6 is 11.6 Å². The Morgan fingerprint density at radius 2 is 2.03 bits per heavy atom. The molecule has 2 heterocycles. The number of aromatic hydroxyl groups is 1. The van der Waals surface area contributed by atoms with E-state index in [2.05, 4.69) is 16.3 Å². The number of amides is 1. The van der Waals surface area contributed by atoms with Crippen LogP contribution < -0.4 is 10.1 Å². The van der Waals surface area contributed by atoms with Gasteiger partial charge in [0.05, 0.1) is 17.8 Å². The zero-order chi connectivity index (χ0) is 23.7. The number of β-amino-alcohol motifs (C(OH)–C–C–N with tert-alkyl or cyclic N) is 1. The number of phenolic OH excluding ortho intramolecular Hbond substituents is 1. The summed E-state index contributed by atoms with van der Waals surface area (Å²) < 4.78 is 12.0. The second-order valence-corrected chi connectivity index (χ2v) is 10.1. The lowest BCUT2D eigenvalue weighted by atomic mass is 9.84. The van der Waals surface area contributed by atoms with Crippen LogP contribution in [0.25, 0.3) is 0 Å². The summed E-state index contributed by atoms with van der Waals surface area (Å²) in [5, 5.41) is 24.1. The Kier molecular flexibility index (Phi) is 6.71. The van der Waals surface area contributed by atoms with E-state index in [4.69, 9.17) is 21.1 Å². The minimum atomic E-state index is -0.727. The lowest BCUT2D eigenvalue weighted by Crippen LogP contribution is -2.46. The number of likely N-dealkylation sites (tertiary alicyclic amines) is 1. The molecule has 2 aliphatic heterocycles. The molecular weight excluding hydrogens is 456 g/mol. The smallest absolute Gasteiger partial charge is 0.255 e. The summed E-state index contributed by atoms with van der Waals surface area (Å²) in [6.07, 6.45) is 3.28. The highest BCUT2D eigenvalue weighted by Crippen LogP contribution is 2.44. The number of halogens is 1. The number of ether oxygens (including phenoxy) is 2. The summed E-state index contributed by atoms with van der Waals surface area (Å²) in [5.41, 5.74) is 2.50. The van der Waals surface area contributed by atoms with E-state index >= 15 is 0 Å². The van der Waals surface area contributed by atoms with Gasteiger partial charge in [0.2, 0.25) is 0 Å². The predicted molar refractivity (Wildman–Crippen MR) is 128 cm³/mol. The lowest BCUT2D eigenvalue weighted by Gasteiger charge is -2.39. The number of hydrogen-bond acceptors (Lipinski definition) is 6. The molecule has 1 atom stereocenters. The standard InChI is InChI=1S/C26H31ClN2O5/c27-19-3-6-23-18(11-19)15-34-26(23)7-9-29(10-8-26)14-21(31)16-33-24-12-20(30)4-5-22(24)25(32)28-13-17-1-2-17/h3-6,11-12,17,21,30-31H,1-2,7-10,13-16H2,(H,28,32)/t21-/m1/s1. The summed E-state index contributed by atoms with van der Waals surface area (Å²) in [7, 11) is 0. The van der Waals surface area contributed by atoms with Crippen LogP contribution in [0.4, 0.5) is 0 Å². The number of piperidine rings is 1. The van der Waals surface area contributed by atoms with Crippen molar-refractivity contribution in [3.05, 3.63) is 58.1 Å². The second-order valence-electron chi connectivity index (χ2n) is 9.68. The van der Waals surface area contributed by atoms with Crippen molar-refractivity contribution < 1.29 is 24.5 Å². The maximum Gasteiger partial charge on any atom is 0.255 e. The molecule has 1 amide bonds. The minimum absolute atomic E-state index is 0.0164. The Balaban J connectivity index is 1.13. The van der Waals surface area contributed by atoms with Gasteiger partial charge in [-0.2, -0.15) is 0 Å². The Morgan fingerprint density at radius 3 is 2.79 bits per heavy atom. The van der Waals surface area contributed by atoms with Crippen LogP contribution in [0.3, 0.4) is 0 Å². The number of fused-ring (bicyclic) bond motifs is 2. The van der Waals surface area contributed by atoms with Crippen LogP contribution in [-0.4, -0.2) is 59.9 Å². The number of nitrogens with zero attached hydrogens (tertiary/aromatic N) is 1. The quantitative estimate of drug-likeness (QED) is 0.529. The first-order valence-electron chi connectivity index (χ1n) is 12.0. The maximum atomic E-state index is 12.5. The van der Waals surface area contributed by atoms with Gasteiger partial charge in [-0.25, -0.2) is 0 Å². The van der Waals surface area contributed by atoms with E-state index in [1.54, 1.807) is 6.07 Å². The van der Waals surface area contributed by atoms with Gasteiger partial charge >= 0.3 is 0 Å². The van der Waals surface area contributed by atoms with Crippen molar-refractivity contribution in [3.8, 4) is 11.5 Å². The predicted octanol–water partition coefficient (Wildman–Crippen LogP) is 3.45. The average Bonchev–Trinajstić information content (AvgIpc) is 3.60. The topological polar surface area (TPSA) is 91.3 Å². The molecule has 3 aliphatic rings. The van der Waals surface area contributed by atoms with Crippen LogP contribution in [-0.2, 0) is 16.9 Å². The average molecular weight is 487 g/mol. The number of hydrogen-bond donors (Lipinski definition) is 3. The van der Waals surface area contributed by atoms with Crippen molar-refractivity contribution in [3.63, 3.8) is 0 Å². The summed E-state index contributed by atoms with van der Waals surface area (Å²) in [6.45, 7) is 3.35. The molecule has 0 bridgehead atoms. The Hall–Kier alpha value is -2.32. The van der Waals surface area contributed by atoms with Crippen molar-refractivity contribution in [1.82, 2.24) is 10.2 Å². The van der Waals surface area contributed by atoms with Gasteiger partial charge in [-0.1, -0.05) is 17.7 Å². The fourth-order valence-corrected chi connectivity index (χ4v) is 5.13. The highest BCUT2D eigenvalue weighted by Gasteiger charge is 2.42. The summed E-state index contributed by atoms with van der Waals surface area (Å²) in [5.74, 6) is 0.634. The molecular formula is C26H31ClN2O5. The highest BCUT2D eigenvalue weighted by atomic mass is 35.5. The van der Waals surface area contributed by atoms with Crippen LogP contribution in [0.15, 0.2) is 36.4 Å². The van der Waals surface area contributed by atoms with E-state index in [9.17, 15) is 15.0 Å². The third kappa shape index (κ3) is 5.18. The van der Waals surface area contributed by atoms with Crippen LogP contribution in [0, 0.1) is 5.92 Å². The van der Waals surface area contributed by atoms with Crippen LogP contribution in [0.5, 0.6) is 11.5 Å². The van der Waals surface area contributed by atoms with Gasteiger partial charge in [0, 0.05) is 37.3 Å². The first-order valence-corrected chi connectivity index (χ1v) is 12.4. The molecule has 0 unspecified atom stereocenters. The third-order valence-corrected chi connectivity index (χ3v) is 7.32. The van der Waals surface area contributed by atoms with Crippen molar-refractivity contribution in [1.29, 1.82) is 0 Å². The molecule has 2 aromatic rings. The number of nitrogens with one attached hydrogen (secondary N) is 1. The molecule has 1 aliphatic carbocycles. The molecule has 2 aromatic carbocycles. The van der Waals surface area contributed by atoms with Crippen molar-refractivity contribution >= 4 is 17.5 Å². The molecule has 7 nitrogen and oxygen atoms in total. The number of carbonyl (C=O) groups is 1. The minimum Gasteiger partial charge on any atom is -0.508 e. The molecule has 182 valence electrons. The first-order chi connectivity index (χ1) is 16.4. The number of aliphatic hydroxyl groups excluding tert-OH is 1. The number of benzene rings is 2. The van der Waals surface area contributed by atoms with E-state index in [0.717, 1.165) is 49.4 Å². The molecule has 1 saturated carbocycles. The molecule has 0 radical (unpaired) electrons. The lowest BCUT2D eigenvalue weighted by molar-refractivity contribution is -0.0835. The molecule has 0 aromatic heterocycles. The highest BCUT2D eigenvalue weighted by molar-refractivity contribution is 6.30. The molecule has 1 spiro atoms. The van der Waals surface area contributed by atoms with E-state index in [0.29, 0.717) is 31.2 Å². The van der Waals surface area contributed by atoms with E-state index in [-0.39, 0.29) is 29.6 Å². The van der Waals surface area contributed by atoms with E-state index in [1.165, 1.54) is 17.7 Å². The normalized spacial score (nSPS) is 20.2. The van der Waals surface area contributed by atoms with Gasteiger partial charge in [-0.15, -0.1) is 0 Å². The second kappa shape index (κ2) is 9.74. The SMILES string of the molecule is O=C(NCC1CC1)c1ccc(O)cc1OC[C@H](O)CN1CCC2(CC1)OCc1cc(Cl)ccc12. The monoisotopic (exact) mass is 486 g/mol. The number of carbonyl (C=O) groups excluding carboxylic acids is 1. The Bertz CT molecular complexity index is 1050. The molecule has 2 fully saturated rings. The molecule has 3 N–H and O–H groups in total. The van der Waals surface area contributed by atoms with E-state index in [1.807, 2.05) is 12.1 Å². The summed E-state index contributed by atoms with van der Waals surface area (Å²) in [6, 6.07) is 10.4. The van der Waals surface area contributed by atoms with Gasteiger partial charge in [-0.3, -0.25) is 4.79 Å². The molecule has 8 heteroatoms. The van der Waals surface area contributed by atoms with Gasteiger partial charge in [0.15, 0.2) is 0 Å². The largest absolute Gasteiger partial charge is 0.508 e. The van der Waals surface area contributed by atoms with Gasteiger partial charge < -0.3 is 29.9 Å². The van der Waals surface area contributed by atoms with Crippen molar-refractivity contribution in [2.45, 2.75) is 44.0 Å².